The van der Waals surface area contributed by atoms with Gasteiger partial charge >= 0.3 is 0 Å². The summed E-state index contributed by atoms with van der Waals surface area (Å²) in [6.07, 6.45) is 5.22. The summed E-state index contributed by atoms with van der Waals surface area (Å²) in [6.45, 7) is 8.51. The van der Waals surface area contributed by atoms with Gasteiger partial charge in [-0.3, -0.25) is 4.79 Å². The van der Waals surface area contributed by atoms with E-state index in [1.54, 1.807) is 0 Å². The van der Waals surface area contributed by atoms with Crippen LogP contribution in [-0.4, -0.2) is 23.2 Å². The number of hydrogen-bond donors (Lipinski definition) is 2. The van der Waals surface area contributed by atoms with Gasteiger partial charge in [0.2, 0.25) is 5.91 Å². The summed E-state index contributed by atoms with van der Waals surface area (Å²) < 4.78 is 0. The first-order valence-corrected chi connectivity index (χ1v) is 7.37. The highest BCUT2D eigenvalue weighted by molar-refractivity contribution is 5.78. The fourth-order valence-corrected chi connectivity index (χ4v) is 2.55. The van der Waals surface area contributed by atoms with Crippen molar-refractivity contribution < 1.29 is 9.90 Å². The van der Waals surface area contributed by atoms with E-state index in [1.807, 2.05) is 13.8 Å². The van der Waals surface area contributed by atoms with Crippen LogP contribution in [0, 0.1) is 17.8 Å². The molecule has 0 aromatic heterocycles. The summed E-state index contributed by atoms with van der Waals surface area (Å²) in [5, 5.41) is 13.2. The van der Waals surface area contributed by atoms with Crippen molar-refractivity contribution >= 4 is 5.91 Å². The van der Waals surface area contributed by atoms with Gasteiger partial charge in [-0.25, -0.2) is 0 Å². The monoisotopic (exact) mass is 255 g/mol. The van der Waals surface area contributed by atoms with Crippen molar-refractivity contribution in [2.45, 2.75) is 65.4 Å². The fourth-order valence-electron chi connectivity index (χ4n) is 2.55. The third-order valence-electron chi connectivity index (χ3n) is 4.68. The molecular formula is C15H29NO2. The minimum Gasteiger partial charge on any atom is -0.388 e. The molecule has 1 aliphatic carbocycles. The molecule has 0 spiro atoms. The summed E-state index contributed by atoms with van der Waals surface area (Å²) in [4.78, 5) is 12.0. The maximum Gasteiger partial charge on any atom is 0.223 e. The molecule has 1 fully saturated rings. The Balaban J connectivity index is 2.37. The quantitative estimate of drug-likeness (QED) is 0.793. The highest BCUT2D eigenvalue weighted by atomic mass is 16.3. The van der Waals surface area contributed by atoms with Crippen LogP contribution in [0.3, 0.4) is 0 Å². The van der Waals surface area contributed by atoms with E-state index in [0.29, 0.717) is 6.54 Å². The smallest absolute Gasteiger partial charge is 0.223 e. The summed E-state index contributed by atoms with van der Waals surface area (Å²) in [5.41, 5.74) is -0.799. The fraction of sp³-hybridized carbons (Fsp3) is 0.933. The van der Waals surface area contributed by atoms with Gasteiger partial charge < -0.3 is 10.4 Å². The number of hydrogen-bond acceptors (Lipinski definition) is 2. The Morgan fingerprint density at radius 1 is 1.39 bits per heavy atom. The molecule has 0 radical (unpaired) electrons. The number of aliphatic hydroxyl groups is 1. The number of carbonyl (C=O) groups is 1. The Kier molecular flexibility index (Phi) is 5.64. The van der Waals surface area contributed by atoms with Crippen LogP contribution in [0.15, 0.2) is 0 Å². The van der Waals surface area contributed by atoms with E-state index in [1.165, 1.54) is 0 Å². The lowest BCUT2D eigenvalue weighted by Crippen LogP contribution is -2.46. The summed E-state index contributed by atoms with van der Waals surface area (Å²) in [5.74, 6) is 1.25. The first kappa shape index (κ1) is 15.5. The van der Waals surface area contributed by atoms with Crippen LogP contribution in [0.1, 0.15) is 59.8 Å². The minimum absolute atomic E-state index is 0.130. The second-order valence-corrected chi connectivity index (χ2v) is 6.34. The predicted molar refractivity (Wildman–Crippen MR) is 74.2 cm³/mol. The largest absolute Gasteiger partial charge is 0.388 e. The lowest BCUT2D eigenvalue weighted by atomic mass is 9.82. The van der Waals surface area contributed by atoms with Crippen LogP contribution in [0.5, 0.6) is 0 Å². The van der Waals surface area contributed by atoms with E-state index >= 15 is 0 Å². The lowest BCUT2D eigenvalue weighted by Gasteiger charge is -2.31. The van der Waals surface area contributed by atoms with Crippen molar-refractivity contribution in [1.29, 1.82) is 0 Å². The van der Waals surface area contributed by atoms with Gasteiger partial charge in [-0.1, -0.05) is 27.2 Å². The van der Waals surface area contributed by atoms with Crippen molar-refractivity contribution in [3.05, 3.63) is 0 Å². The molecule has 2 unspecified atom stereocenters. The first-order chi connectivity index (χ1) is 8.36. The van der Waals surface area contributed by atoms with E-state index in [0.717, 1.165) is 38.0 Å². The molecule has 3 nitrogen and oxygen atoms in total. The van der Waals surface area contributed by atoms with Crippen LogP contribution < -0.4 is 5.32 Å². The van der Waals surface area contributed by atoms with E-state index in [4.69, 9.17) is 0 Å². The van der Waals surface area contributed by atoms with Gasteiger partial charge in [0.15, 0.2) is 0 Å². The number of rotatable bonds is 5. The average Bonchev–Trinajstić information content (AvgIpc) is 2.35. The van der Waals surface area contributed by atoms with Crippen molar-refractivity contribution in [2.75, 3.05) is 6.54 Å². The third-order valence-corrected chi connectivity index (χ3v) is 4.68. The topological polar surface area (TPSA) is 49.3 Å². The molecule has 0 saturated heterocycles. The van der Waals surface area contributed by atoms with Crippen LogP contribution in [0.2, 0.25) is 0 Å². The molecule has 1 rings (SSSR count). The summed E-state index contributed by atoms with van der Waals surface area (Å²) in [6, 6.07) is 0. The second kappa shape index (κ2) is 6.55. The SMILES string of the molecule is CCC(C)C(C)(O)CNC(=O)C1CCC(C)CC1. The van der Waals surface area contributed by atoms with Crippen LogP contribution in [0.4, 0.5) is 0 Å². The molecule has 0 aliphatic heterocycles. The summed E-state index contributed by atoms with van der Waals surface area (Å²) >= 11 is 0. The van der Waals surface area contributed by atoms with Crippen LogP contribution >= 0.6 is 0 Å². The van der Waals surface area contributed by atoms with Crippen LogP contribution in [-0.2, 0) is 4.79 Å². The second-order valence-electron chi connectivity index (χ2n) is 6.34. The van der Waals surface area contributed by atoms with Gasteiger partial charge in [0.05, 0.1) is 5.60 Å². The normalized spacial score (nSPS) is 29.4. The van der Waals surface area contributed by atoms with E-state index in [2.05, 4.69) is 19.2 Å². The van der Waals surface area contributed by atoms with Gasteiger partial charge in [-0.05, 0) is 44.4 Å². The number of carbonyl (C=O) groups excluding carboxylic acids is 1. The van der Waals surface area contributed by atoms with Crippen molar-refractivity contribution in [3.63, 3.8) is 0 Å². The molecule has 1 amide bonds. The zero-order valence-corrected chi connectivity index (χ0v) is 12.3. The molecule has 3 heteroatoms. The van der Waals surface area contributed by atoms with Crippen molar-refractivity contribution in [1.82, 2.24) is 5.32 Å². The molecular weight excluding hydrogens is 226 g/mol. The van der Waals surface area contributed by atoms with Gasteiger partial charge in [-0.15, -0.1) is 0 Å². The Bertz CT molecular complexity index is 268. The first-order valence-electron chi connectivity index (χ1n) is 7.37. The zero-order valence-electron chi connectivity index (χ0n) is 12.3. The van der Waals surface area contributed by atoms with Crippen molar-refractivity contribution in [3.8, 4) is 0 Å². The molecule has 0 heterocycles. The molecule has 18 heavy (non-hydrogen) atoms. The lowest BCUT2D eigenvalue weighted by molar-refractivity contribution is -0.127. The molecule has 1 aliphatic rings. The van der Waals surface area contributed by atoms with Gasteiger partial charge in [-0.2, -0.15) is 0 Å². The Morgan fingerprint density at radius 2 is 1.94 bits per heavy atom. The number of amides is 1. The Morgan fingerprint density at radius 3 is 2.44 bits per heavy atom. The molecule has 106 valence electrons. The number of nitrogens with one attached hydrogen (secondary N) is 1. The standard InChI is InChI=1S/C15H29NO2/c1-5-12(3)15(4,18)10-16-14(17)13-8-6-11(2)7-9-13/h11-13,18H,5-10H2,1-4H3,(H,16,17). The molecule has 0 bridgehead atoms. The zero-order chi connectivity index (χ0) is 13.8. The van der Waals surface area contributed by atoms with Gasteiger partial charge in [0.25, 0.3) is 0 Å². The Labute approximate surface area is 111 Å². The van der Waals surface area contributed by atoms with Gasteiger partial charge in [0.1, 0.15) is 0 Å². The predicted octanol–water partition coefficient (Wildman–Crippen LogP) is 2.73. The van der Waals surface area contributed by atoms with Crippen molar-refractivity contribution in [2.24, 2.45) is 17.8 Å². The molecule has 0 aromatic carbocycles. The maximum atomic E-state index is 12.0. The molecule has 1 saturated carbocycles. The maximum absolute atomic E-state index is 12.0. The average molecular weight is 255 g/mol. The van der Waals surface area contributed by atoms with E-state index in [9.17, 15) is 9.90 Å². The molecule has 2 N–H and O–H groups in total. The molecule has 0 aromatic rings. The highest BCUT2D eigenvalue weighted by Crippen LogP contribution is 2.28. The minimum atomic E-state index is -0.799. The summed E-state index contributed by atoms with van der Waals surface area (Å²) in [7, 11) is 0. The van der Waals surface area contributed by atoms with E-state index < -0.39 is 5.60 Å². The van der Waals surface area contributed by atoms with E-state index in [-0.39, 0.29) is 17.7 Å². The van der Waals surface area contributed by atoms with Gasteiger partial charge in [0, 0.05) is 12.5 Å². The Hall–Kier alpha value is -0.570. The molecule has 2 atom stereocenters. The van der Waals surface area contributed by atoms with Crippen LogP contribution in [0.25, 0.3) is 0 Å². The highest BCUT2D eigenvalue weighted by Gasteiger charge is 2.30. The third kappa shape index (κ3) is 4.27.